The van der Waals surface area contributed by atoms with Gasteiger partial charge < -0.3 is 10.2 Å². The molecule has 1 N–H and O–H groups in total. The Bertz CT molecular complexity index is 463. The molecule has 0 unspecified atom stereocenters. The fourth-order valence-corrected chi connectivity index (χ4v) is 1.58. The molecular weight excluding hydrogens is 226 g/mol. The van der Waals surface area contributed by atoms with Crippen molar-refractivity contribution < 1.29 is 4.79 Å². The van der Waals surface area contributed by atoms with E-state index in [1.54, 1.807) is 18.0 Å². The van der Waals surface area contributed by atoms with Crippen molar-refractivity contribution in [3.63, 3.8) is 0 Å². The molecule has 0 aliphatic heterocycles. The fourth-order valence-electron chi connectivity index (χ4n) is 1.58. The molecule has 4 heteroatoms. The van der Waals surface area contributed by atoms with Gasteiger partial charge >= 0.3 is 0 Å². The number of carbonyl (C=O) groups excluding carboxylic acids is 1. The summed E-state index contributed by atoms with van der Waals surface area (Å²) in [5, 5.41) is 11.9. The predicted octanol–water partition coefficient (Wildman–Crippen LogP) is 1.43. The summed E-state index contributed by atoms with van der Waals surface area (Å²) in [5.74, 6) is 0.0869. The molecule has 0 aliphatic rings. The minimum absolute atomic E-state index is 0.0869. The lowest BCUT2D eigenvalue weighted by Gasteiger charge is -2.15. The van der Waals surface area contributed by atoms with E-state index in [-0.39, 0.29) is 5.91 Å². The second kappa shape index (κ2) is 6.77. The van der Waals surface area contributed by atoms with E-state index >= 15 is 0 Å². The molecule has 1 amide bonds. The van der Waals surface area contributed by atoms with Gasteiger partial charge in [0.25, 0.3) is 0 Å². The van der Waals surface area contributed by atoms with E-state index in [4.69, 9.17) is 5.26 Å². The molecule has 0 saturated heterocycles. The third kappa shape index (κ3) is 3.86. The zero-order valence-electron chi connectivity index (χ0n) is 11.2. The van der Waals surface area contributed by atoms with Crippen molar-refractivity contribution in [3.05, 3.63) is 34.9 Å². The summed E-state index contributed by atoms with van der Waals surface area (Å²) in [6, 6.07) is 7.69. The van der Waals surface area contributed by atoms with Gasteiger partial charge in [0.15, 0.2) is 0 Å². The van der Waals surface area contributed by atoms with Crippen LogP contribution >= 0.6 is 0 Å². The third-order valence-electron chi connectivity index (χ3n) is 2.96. The van der Waals surface area contributed by atoms with Gasteiger partial charge in [-0.2, -0.15) is 5.26 Å². The van der Waals surface area contributed by atoms with Gasteiger partial charge in [-0.1, -0.05) is 6.07 Å². The van der Waals surface area contributed by atoms with Crippen molar-refractivity contribution in [2.75, 3.05) is 20.1 Å². The summed E-state index contributed by atoms with van der Waals surface area (Å²) in [5.41, 5.74) is 2.84. The zero-order chi connectivity index (χ0) is 13.5. The number of hydrogen-bond acceptors (Lipinski definition) is 3. The standard InChI is InChI=1S/C14H19N3O/c1-4-17(3)14(18)10-16-9-13-6-5-12(8-15)7-11(13)2/h5-7,16H,4,9-10H2,1-3H3. The van der Waals surface area contributed by atoms with Gasteiger partial charge in [-0.25, -0.2) is 0 Å². The van der Waals surface area contributed by atoms with Gasteiger partial charge in [0.1, 0.15) is 0 Å². The van der Waals surface area contributed by atoms with Crippen LogP contribution in [0.5, 0.6) is 0 Å². The van der Waals surface area contributed by atoms with E-state index in [1.165, 1.54) is 0 Å². The monoisotopic (exact) mass is 245 g/mol. The van der Waals surface area contributed by atoms with Gasteiger partial charge in [0.2, 0.25) is 5.91 Å². The first kappa shape index (κ1) is 14.2. The van der Waals surface area contributed by atoms with E-state index in [1.807, 2.05) is 26.0 Å². The number of amides is 1. The van der Waals surface area contributed by atoms with Crippen LogP contribution in [0.25, 0.3) is 0 Å². The molecule has 0 radical (unpaired) electrons. The molecule has 0 aromatic heterocycles. The third-order valence-corrected chi connectivity index (χ3v) is 2.96. The second-order valence-electron chi connectivity index (χ2n) is 4.26. The van der Waals surface area contributed by atoms with Crippen LogP contribution in [0.4, 0.5) is 0 Å². The van der Waals surface area contributed by atoms with Crippen molar-refractivity contribution in [1.82, 2.24) is 10.2 Å². The number of nitriles is 1. The summed E-state index contributed by atoms with van der Waals surface area (Å²) < 4.78 is 0. The Hall–Kier alpha value is -1.86. The maximum atomic E-state index is 11.6. The van der Waals surface area contributed by atoms with Gasteiger partial charge in [0, 0.05) is 20.1 Å². The molecule has 1 rings (SSSR count). The first-order valence-electron chi connectivity index (χ1n) is 6.02. The van der Waals surface area contributed by atoms with E-state index in [2.05, 4.69) is 11.4 Å². The second-order valence-corrected chi connectivity index (χ2v) is 4.26. The summed E-state index contributed by atoms with van der Waals surface area (Å²) in [4.78, 5) is 13.2. The average molecular weight is 245 g/mol. The van der Waals surface area contributed by atoms with Crippen LogP contribution in [0.2, 0.25) is 0 Å². The molecule has 0 aliphatic carbocycles. The molecule has 0 saturated carbocycles. The topological polar surface area (TPSA) is 56.1 Å². The average Bonchev–Trinajstić information content (AvgIpc) is 2.39. The first-order chi connectivity index (χ1) is 8.58. The summed E-state index contributed by atoms with van der Waals surface area (Å²) >= 11 is 0. The molecule has 96 valence electrons. The maximum Gasteiger partial charge on any atom is 0.236 e. The number of rotatable bonds is 5. The number of aryl methyl sites for hydroxylation is 1. The smallest absolute Gasteiger partial charge is 0.236 e. The van der Waals surface area contributed by atoms with Crippen LogP contribution in [0.3, 0.4) is 0 Å². The van der Waals surface area contributed by atoms with Crippen LogP contribution in [0, 0.1) is 18.3 Å². The Morgan fingerprint density at radius 1 is 1.50 bits per heavy atom. The lowest BCUT2D eigenvalue weighted by Crippen LogP contribution is -2.35. The van der Waals surface area contributed by atoms with Crippen molar-refractivity contribution in [1.29, 1.82) is 5.26 Å². The molecule has 0 spiro atoms. The zero-order valence-corrected chi connectivity index (χ0v) is 11.2. The van der Waals surface area contributed by atoms with E-state index in [0.717, 1.165) is 17.7 Å². The molecule has 0 atom stereocenters. The van der Waals surface area contributed by atoms with Gasteiger partial charge in [0.05, 0.1) is 18.2 Å². The van der Waals surface area contributed by atoms with E-state index in [0.29, 0.717) is 18.7 Å². The fraction of sp³-hybridized carbons (Fsp3) is 0.429. The summed E-state index contributed by atoms with van der Waals surface area (Å²) in [7, 11) is 1.79. The van der Waals surface area contributed by atoms with Crippen LogP contribution in [-0.2, 0) is 11.3 Å². The molecule has 0 bridgehead atoms. The Morgan fingerprint density at radius 3 is 2.78 bits per heavy atom. The molecule has 18 heavy (non-hydrogen) atoms. The van der Waals surface area contributed by atoms with Gasteiger partial charge in [-0.05, 0) is 37.1 Å². The van der Waals surface area contributed by atoms with Crippen LogP contribution in [0.15, 0.2) is 18.2 Å². The largest absolute Gasteiger partial charge is 0.345 e. The normalized spacial score (nSPS) is 9.89. The number of carbonyl (C=O) groups is 1. The van der Waals surface area contributed by atoms with Gasteiger partial charge in [-0.15, -0.1) is 0 Å². The molecule has 0 heterocycles. The Morgan fingerprint density at radius 2 is 2.22 bits per heavy atom. The van der Waals surface area contributed by atoms with E-state index < -0.39 is 0 Å². The number of nitrogens with zero attached hydrogens (tertiary/aromatic N) is 2. The number of likely N-dealkylation sites (N-methyl/N-ethyl adjacent to an activating group) is 1. The minimum Gasteiger partial charge on any atom is -0.345 e. The van der Waals surface area contributed by atoms with Crippen LogP contribution in [0.1, 0.15) is 23.6 Å². The lowest BCUT2D eigenvalue weighted by molar-refractivity contribution is -0.128. The highest BCUT2D eigenvalue weighted by atomic mass is 16.2. The summed E-state index contributed by atoms with van der Waals surface area (Å²) in [6.07, 6.45) is 0. The molecule has 1 aromatic rings. The van der Waals surface area contributed by atoms with E-state index in [9.17, 15) is 4.79 Å². The highest BCUT2D eigenvalue weighted by Crippen LogP contribution is 2.10. The number of benzene rings is 1. The van der Waals surface area contributed by atoms with Crippen LogP contribution < -0.4 is 5.32 Å². The lowest BCUT2D eigenvalue weighted by atomic mass is 10.1. The highest BCUT2D eigenvalue weighted by molar-refractivity contribution is 5.77. The van der Waals surface area contributed by atoms with Crippen molar-refractivity contribution in [2.24, 2.45) is 0 Å². The molecular formula is C14H19N3O. The molecule has 4 nitrogen and oxygen atoms in total. The quantitative estimate of drug-likeness (QED) is 0.854. The van der Waals surface area contributed by atoms with Crippen molar-refractivity contribution in [3.8, 4) is 6.07 Å². The molecule has 1 aromatic carbocycles. The number of nitrogens with one attached hydrogen (secondary N) is 1. The molecule has 0 fully saturated rings. The van der Waals surface area contributed by atoms with Crippen molar-refractivity contribution >= 4 is 5.91 Å². The van der Waals surface area contributed by atoms with Crippen molar-refractivity contribution in [2.45, 2.75) is 20.4 Å². The SMILES string of the molecule is CCN(C)C(=O)CNCc1ccc(C#N)cc1C. The Labute approximate surface area is 108 Å². The Balaban J connectivity index is 2.50. The van der Waals surface area contributed by atoms with Crippen LogP contribution in [-0.4, -0.2) is 30.9 Å². The minimum atomic E-state index is 0.0869. The van der Waals surface area contributed by atoms with Gasteiger partial charge in [-0.3, -0.25) is 4.79 Å². The maximum absolute atomic E-state index is 11.6. The highest BCUT2D eigenvalue weighted by Gasteiger charge is 2.06. The first-order valence-corrected chi connectivity index (χ1v) is 6.02. The predicted molar refractivity (Wildman–Crippen MR) is 70.9 cm³/mol. The summed E-state index contributed by atoms with van der Waals surface area (Å²) in [6.45, 7) is 5.61. The Kier molecular flexibility index (Phi) is 5.34. The number of hydrogen-bond donors (Lipinski definition) is 1.